The Morgan fingerprint density at radius 1 is 1.25 bits per heavy atom. The molecule has 1 N–H and O–H groups in total. The monoisotopic (exact) mass is 183 g/mol. The molecule has 1 fully saturated rings. The Morgan fingerprint density at radius 2 is 1.75 bits per heavy atom. The molecule has 0 aromatic carbocycles. The van der Waals surface area contributed by atoms with Crippen molar-refractivity contribution in [1.82, 2.24) is 5.32 Å². The molecule has 1 saturated heterocycles. The second kappa shape index (κ2) is 4.12. The van der Waals surface area contributed by atoms with Crippen LogP contribution < -0.4 is 5.32 Å². The summed E-state index contributed by atoms with van der Waals surface area (Å²) in [6.07, 6.45) is -3.84. The van der Waals surface area contributed by atoms with Gasteiger partial charge in [0.15, 0.2) is 0 Å². The Kier molecular flexibility index (Phi) is 4.03. The van der Waals surface area contributed by atoms with E-state index in [1.807, 2.05) is 13.8 Å². The fraction of sp³-hybridized carbons (Fsp3) is 1.00. The van der Waals surface area contributed by atoms with Crippen molar-refractivity contribution in [3.05, 3.63) is 0 Å². The van der Waals surface area contributed by atoms with Crippen LogP contribution in [0.4, 0.5) is 13.2 Å². The van der Waals surface area contributed by atoms with Crippen LogP contribution >= 0.6 is 0 Å². The minimum atomic E-state index is -4.05. The molecule has 1 unspecified atom stereocenters. The minimum Gasteiger partial charge on any atom is -0.316 e. The highest BCUT2D eigenvalue weighted by molar-refractivity contribution is 4.89. The number of halogens is 3. The number of hydrogen-bond acceptors (Lipinski definition) is 1. The minimum absolute atomic E-state index is 0.0660. The van der Waals surface area contributed by atoms with Crippen molar-refractivity contribution in [1.29, 1.82) is 0 Å². The molecular weight excluding hydrogens is 167 g/mol. The highest BCUT2D eigenvalue weighted by Crippen LogP contribution is 2.41. The third-order valence-electron chi connectivity index (χ3n) is 2.05. The zero-order valence-corrected chi connectivity index (χ0v) is 7.76. The Balaban J connectivity index is 0.000000561. The predicted octanol–water partition coefficient (Wildman–Crippen LogP) is 2.57. The number of hydrogen-bond donors (Lipinski definition) is 1. The molecule has 1 atom stereocenters. The van der Waals surface area contributed by atoms with E-state index in [9.17, 15) is 13.2 Å². The van der Waals surface area contributed by atoms with E-state index in [-0.39, 0.29) is 13.0 Å². The van der Waals surface area contributed by atoms with Crippen LogP contribution in [0.2, 0.25) is 0 Å². The van der Waals surface area contributed by atoms with Gasteiger partial charge < -0.3 is 5.32 Å². The van der Waals surface area contributed by atoms with Gasteiger partial charge in [-0.2, -0.15) is 13.2 Å². The molecular formula is C8H16F3N. The van der Waals surface area contributed by atoms with Crippen LogP contribution in [0.3, 0.4) is 0 Å². The molecule has 1 aliphatic heterocycles. The molecule has 0 spiro atoms. The summed E-state index contributed by atoms with van der Waals surface area (Å²) in [5.41, 5.74) is -1.48. The highest BCUT2D eigenvalue weighted by Gasteiger charge is 2.52. The van der Waals surface area contributed by atoms with Gasteiger partial charge in [0, 0.05) is 6.54 Å². The molecule has 0 bridgehead atoms. The smallest absolute Gasteiger partial charge is 0.316 e. The zero-order valence-electron chi connectivity index (χ0n) is 7.76. The molecule has 1 heterocycles. The second-order valence-electron chi connectivity index (χ2n) is 2.99. The average molecular weight is 183 g/mol. The lowest BCUT2D eigenvalue weighted by atomic mass is 9.89. The van der Waals surface area contributed by atoms with Crippen LogP contribution in [0.5, 0.6) is 0 Å². The van der Waals surface area contributed by atoms with E-state index >= 15 is 0 Å². The van der Waals surface area contributed by atoms with Gasteiger partial charge in [0.05, 0.1) is 5.41 Å². The van der Waals surface area contributed by atoms with Crippen molar-refractivity contribution in [2.45, 2.75) is 33.4 Å². The molecule has 4 heteroatoms. The van der Waals surface area contributed by atoms with Gasteiger partial charge in [0.2, 0.25) is 0 Å². The summed E-state index contributed by atoms with van der Waals surface area (Å²) < 4.78 is 36.3. The number of rotatable bonds is 0. The molecule has 0 aliphatic carbocycles. The summed E-state index contributed by atoms with van der Waals surface area (Å²) in [5, 5.41) is 2.70. The maximum atomic E-state index is 12.1. The Hall–Kier alpha value is -0.250. The molecule has 12 heavy (non-hydrogen) atoms. The van der Waals surface area contributed by atoms with E-state index in [1.54, 1.807) is 0 Å². The van der Waals surface area contributed by atoms with Crippen LogP contribution in [-0.4, -0.2) is 19.3 Å². The van der Waals surface area contributed by atoms with Gasteiger partial charge in [-0.05, 0) is 19.9 Å². The van der Waals surface area contributed by atoms with E-state index in [4.69, 9.17) is 0 Å². The summed E-state index contributed by atoms with van der Waals surface area (Å²) in [5.74, 6) is 0. The molecule has 1 rings (SSSR count). The number of nitrogens with one attached hydrogen (secondary N) is 1. The molecule has 0 amide bonds. The fourth-order valence-electron chi connectivity index (χ4n) is 1.06. The summed E-state index contributed by atoms with van der Waals surface area (Å²) in [7, 11) is 0. The third kappa shape index (κ3) is 2.37. The van der Waals surface area contributed by atoms with Crippen LogP contribution in [-0.2, 0) is 0 Å². The standard InChI is InChI=1S/C6H10F3N.C2H6/c1-5(6(7,8)9)2-3-10-4-5;1-2/h10H,2-4H2,1H3;1-2H3. The first-order chi connectivity index (χ1) is 5.46. The Labute approximate surface area is 71.3 Å². The topological polar surface area (TPSA) is 12.0 Å². The highest BCUT2D eigenvalue weighted by atomic mass is 19.4. The summed E-state index contributed by atoms with van der Waals surface area (Å²) >= 11 is 0. The summed E-state index contributed by atoms with van der Waals surface area (Å²) in [6, 6.07) is 0. The van der Waals surface area contributed by atoms with E-state index in [2.05, 4.69) is 5.32 Å². The van der Waals surface area contributed by atoms with Gasteiger partial charge in [-0.15, -0.1) is 0 Å². The molecule has 74 valence electrons. The van der Waals surface area contributed by atoms with Crippen LogP contribution in [0, 0.1) is 5.41 Å². The van der Waals surface area contributed by atoms with Gasteiger partial charge in [0.1, 0.15) is 0 Å². The molecule has 1 nitrogen and oxygen atoms in total. The van der Waals surface area contributed by atoms with Crippen molar-refractivity contribution in [2.24, 2.45) is 5.41 Å². The van der Waals surface area contributed by atoms with Crippen LogP contribution in [0.15, 0.2) is 0 Å². The lowest BCUT2D eigenvalue weighted by Crippen LogP contribution is -2.36. The molecule has 0 saturated carbocycles. The molecule has 0 aromatic heterocycles. The van der Waals surface area contributed by atoms with Crippen LogP contribution in [0.25, 0.3) is 0 Å². The van der Waals surface area contributed by atoms with Gasteiger partial charge in [-0.1, -0.05) is 13.8 Å². The maximum absolute atomic E-state index is 12.1. The van der Waals surface area contributed by atoms with Gasteiger partial charge in [-0.25, -0.2) is 0 Å². The van der Waals surface area contributed by atoms with E-state index in [1.165, 1.54) is 6.92 Å². The Morgan fingerprint density at radius 3 is 1.92 bits per heavy atom. The third-order valence-corrected chi connectivity index (χ3v) is 2.05. The van der Waals surface area contributed by atoms with Crippen molar-refractivity contribution in [2.75, 3.05) is 13.1 Å². The predicted molar refractivity (Wildman–Crippen MR) is 43.0 cm³/mol. The average Bonchev–Trinajstić information content (AvgIpc) is 2.40. The maximum Gasteiger partial charge on any atom is 0.395 e. The van der Waals surface area contributed by atoms with Gasteiger partial charge >= 0.3 is 6.18 Å². The van der Waals surface area contributed by atoms with E-state index in [0.717, 1.165) is 0 Å². The summed E-state index contributed by atoms with van der Waals surface area (Å²) in [6.45, 7) is 5.81. The first-order valence-corrected chi connectivity index (χ1v) is 4.23. The SMILES string of the molecule is CC.CC1(C(F)(F)F)CCNC1. The van der Waals surface area contributed by atoms with Crippen molar-refractivity contribution in [3.8, 4) is 0 Å². The molecule has 0 radical (unpaired) electrons. The van der Waals surface area contributed by atoms with Crippen molar-refractivity contribution < 1.29 is 13.2 Å². The fourth-order valence-corrected chi connectivity index (χ4v) is 1.06. The largest absolute Gasteiger partial charge is 0.395 e. The first-order valence-electron chi connectivity index (χ1n) is 4.23. The lowest BCUT2D eigenvalue weighted by Gasteiger charge is -2.25. The van der Waals surface area contributed by atoms with Crippen molar-refractivity contribution >= 4 is 0 Å². The number of alkyl halides is 3. The van der Waals surface area contributed by atoms with Gasteiger partial charge in [0.25, 0.3) is 0 Å². The quantitative estimate of drug-likeness (QED) is 0.608. The normalized spacial score (nSPS) is 29.5. The first kappa shape index (κ1) is 11.8. The van der Waals surface area contributed by atoms with Crippen LogP contribution in [0.1, 0.15) is 27.2 Å². The van der Waals surface area contributed by atoms with Gasteiger partial charge in [-0.3, -0.25) is 0 Å². The second-order valence-corrected chi connectivity index (χ2v) is 2.99. The van der Waals surface area contributed by atoms with E-state index < -0.39 is 11.6 Å². The lowest BCUT2D eigenvalue weighted by molar-refractivity contribution is -0.210. The molecule has 1 aliphatic rings. The van der Waals surface area contributed by atoms with E-state index in [0.29, 0.717) is 6.54 Å². The Bertz CT molecular complexity index is 125. The zero-order chi connectivity index (χ0) is 9.83. The molecule has 0 aromatic rings. The van der Waals surface area contributed by atoms with Crippen molar-refractivity contribution in [3.63, 3.8) is 0 Å². The summed E-state index contributed by atoms with van der Waals surface area (Å²) in [4.78, 5) is 0.